The minimum absolute atomic E-state index is 0.341. The lowest BCUT2D eigenvalue weighted by Gasteiger charge is -2.36. The zero-order valence-corrected chi connectivity index (χ0v) is 25.9. The maximum atomic E-state index is 11.1. The van der Waals surface area contributed by atoms with Crippen LogP contribution in [0.15, 0.2) is 79.0 Å². The van der Waals surface area contributed by atoms with Crippen molar-refractivity contribution in [2.75, 3.05) is 44.2 Å². The van der Waals surface area contributed by atoms with Crippen LogP contribution in [-0.2, 0) is 17.9 Å². The molecular formula is C35H44ClN5O2. The first-order chi connectivity index (χ1) is 21.0. The summed E-state index contributed by atoms with van der Waals surface area (Å²) in [5.41, 5.74) is 10.2. The molecule has 3 aromatic carbocycles. The Kier molecular flexibility index (Phi) is 11.0. The van der Waals surface area contributed by atoms with Crippen molar-refractivity contribution >= 4 is 34.1 Å². The number of rotatable bonds is 15. The molecular weight excluding hydrogens is 558 g/mol. The monoisotopic (exact) mass is 601 g/mol. The third-order valence-electron chi connectivity index (χ3n) is 8.35. The molecule has 1 aliphatic heterocycles. The zero-order chi connectivity index (χ0) is 30.0. The van der Waals surface area contributed by atoms with Crippen molar-refractivity contribution in [3.8, 4) is 5.75 Å². The second-order valence-corrected chi connectivity index (χ2v) is 12.0. The molecule has 43 heavy (non-hydrogen) atoms. The first-order valence-electron chi connectivity index (χ1n) is 15.5. The standard InChI is InChI=1S/C35H44ClN5O2/c1-27(35(37)42)38-25-28-12-14-31(15-13-28)43-23-5-3-2-4-17-39-19-21-40(22-20-39)33-10-7-11-34-32(33)16-18-41(34)26-29-8-6-9-30(36)24-29/h6-16,18,24,27,38H,2-5,17,19-23,25-26H2,1H3,(H2,37,42)/t27-/m0/s1. The van der Waals surface area contributed by atoms with E-state index < -0.39 is 0 Å². The van der Waals surface area contributed by atoms with Crippen LogP contribution in [0.25, 0.3) is 10.9 Å². The molecule has 1 saturated heterocycles. The highest BCUT2D eigenvalue weighted by Gasteiger charge is 2.19. The molecule has 1 fully saturated rings. The number of nitrogens with two attached hydrogens (primary N) is 1. The van der Waals surface area contributed by atoms with Crippen molar-refractivity contribution in [3.05, 3.63) is 95.1 Å². The Morgan fingerprint density at radius 1 is 0.930 bits per heavy atom. The molecule has 1 amide bonds. The summed E-state index contributed by atoms with van der Waals surface area (Å²) in [6, 6.07) is 24.7. The number of hydrogen-bond acceptors (Lipinski definition) is 5. The molecule has 228 valence electrons. The van der Waals surface area contributed by atoms with Gasteiger partial charge in [-0.1, -0.05) is 54.8 Å². The Morgan fingerprint density at radius 2 is 1.70 bits per heavy atom. The number of halogens is 1. The predicted octanol–water partition coefficient (Wildman–Crippen LogP) is 6.07. The maximum Gasteiger partial charge on any atom is 0.234 e. The molecule has 0 aliphatic carbocycles. The predicted molar refractivity (Wildman–Crippen MR) is 177 cm³/mol. The number of hydrogen-bond donors (Lipinski definition) is 2. The number of anilines is 1. The van der Waals surface area contributed by atoms with E-state index in [1.54, 1.807) is 6.92 Å². The quantitative estimate of drug-likeness (QED) is 0.162. The van der Waals surface area contributed by atoms with E-state index in [1.807, 2.05) is 42.5 Å². The Morgan fingerprint density at radius 3 is 2.47 bits per heavy atom. The van der Waals surface area contributed by atoms with Gasteiger partial charge in [-0.3, -0.25) is 9.69 Å². The summed E-state index contributed by atoms with van der Waals surface area (Å²) in [5.74, 6) is 0.544. The van der Waals surface area contributed by atoms with Crippen LogP contribution in [0.1, 0.15) is 43.7 Å². The van der Waals surface area contributed by atoms with E-state index in [9.17, 15) is 4.79 Å². The summed E-state index contributed by atoms with van der Waals surface area (Å²) in [5, 5.41) is 5.22. The molecule has 2 heterocycles. The molecule has 5 rings (SSSR count). The van der Waals surface area contributed by atoms with Crippen LogP contribution in [0, 0.1) is 0 Å². The number of aromatic nitrogens is 1. The highest BCUT2D eigenvalue weighted by Crippen LogP contribution is 2.29. The largest absolute Gasteiger partial charge is 0.494 e. The van der Waals surface area contributed by atoms with Crippen LogP contribution in [-0.4, -0.2) is 60.7 Å². The van der Waals surface area contributed by atoms with Crippen molar-refractivity contribution in [2.45, 2.75) is 51.7 Å². The first-order valence-corrected chi connectivity index (χ1v) is 15.9. The molecule has 0 bridgehead atoms. The van der Waals surface area contributed by atoms with E-state index in [0.29, 0.717) is 6.54 Å². The lowest BCUT2D eigenvalue weighted by Crippen LogP contribution is -2.46. The fourth-order valence-corrected chi connectivity index (χ4v) is 5.93. The van der Waals surface area contributed by atoms with Crippen LogP contribution in [0.4, 0.5) is 5.69 Å². The summed E-state index contributed by atoms with van der Waals surface area (Å²) in [6.45, 7) is 9.43. The summed E-state index contributed by atoms with van der Waals surface area (Å²) < 4.78 is 8.24. The zero-order valence-electron chi connectivity index (χ0n) is 25.2. The maximum absolute atomic E-state index is 11.1. The van der Waals surface area contributed by atoms with E-state index in [0.717, 1.165) is 62.1 Å². The summed E-state index contributed by atoms with van der Waals surface area (Å²) in [6.07, 6.45) is 6.90. The molecule has 1 atom stereocenters. The van der Waals surface area contributed by atoms with Gasteiger partial charge in [0, 0.05) is 61.6 Å². The molecule has 0 unspecified atom stereocenters. The average Bonchev–Trinajstić information content (AvgIpc) is 3.43. The number of carbonyl (C=O) groups is 1. The van der Waals surface area contributed by atoms with Gasteiger partial charge < -0.3 is 25.3 Å². The number of benzene rings is 3. The van der Waals surface area contributed by atoms with Crippen molar-refractivity contribution in [2.24, 2.45) is 5.73 Å². The molecule has 0 radical (unpaired) electrons. The molecule has 3 N–H and O–H groups in total. The van der Waals surface area contributed by atoms with Gasteiger partial charge in [-0.25, -0.2) is 0 Å². The van der Waals surface area contributed by atoms with Gasteiger partial charge in [0.25, 0.3) is 0 Å². The smallest absolute Gasteiger partial charge is 0.234 e. The summed E-state index contributed by atoms with van der Waals surface area (Å²) in [7, 11) is 0. The summed E-state index contributed by atoms with van der Waals surface area (Å²) >= 11 is 6.21. The van der Waals surface area contributed by atoms with Crippen molar-refractivity contribution in [1.82, 2.24) is 14.8 Å². The van der Waals surface area contributed by atoms with Gasteiger partial charge in [-0.05, 0) is 79.9 Å². The highest BCUT2D eigenvalue weighted by molar-refractivity contribution is 6.30. The fraction of sp³-hybridized carbons (Fsp3) is 0.400. The number of amides is 1. The van der Waals surface area contributed by atoms with E-state index in [4.69, 9.17) is 22.1 Å². The molecule has 7 nitrogen and oxygen atoms in total. The Balaban J connectivity index is 0.976. The average molecular weight is 602 g/mol. The molecule has 4 aromatic rings. The lowest BCUT2D eigenvalue weighted by molar-refractivity contribution is -0.119. The number of piperazine rings is 1. The third-order valence-corrected chi connectivity index (χ3v) is 8.58. The molecule has 1 aliphatic rings. The minimum atomic E-state index is -0.343. The Labute approximate surface area is 260 Å². The van der Waals surface area contributed by atoms with Crippen LogP contribution in [0.2, 0.25) is 5.02 Å². The Bertz CT molecular complexity index is 1460. The van der Waals surface area contributed by atoms with Crippen LogP contribution < -0.4 is 20.7 Å². The van der Waals surface area contributed by atoms with Gasteiger partial charge in [0.15, 0.2) is 0 Å². The van der Waals surface area contributed by atoms with E-state index in [2.05, 4.69) is 56.2 Å². The van der Waals surface area contributed by atoms with Crippen molar-refractivity contribution < 1.29 is 9.53 Å². The fourth-order valence-electron chi connectivity index (χ4n) is 5.72. The number of carbonyl (C=O) groups excluding carboxylic acids is 1. The number of nitrogens with one attached hydrogen (secondary N) is 1. The SMILES string of the molecule is C[C@H](NCc1ccc(OCCCCCCN2CCN(c3cccc4c3ccn4Cc3cccc(Cl)c3)CC2)cc1)C(N)=O. The van der Waals surface area contributed by atoms with Crippen molar-refractivity contribution in [3.63, 3.8) is 0 Å². The van der Waals surface area contributed by atoms with Gasteiger partial charge in [-0.2, -0.15) is 0 Å². The number of fused-ring (bicyclic) bond motifs is 1. The number of unbranched alkanes of at least 4 members (excludes halogenated alkanes) is 3. The first kappa shape index (κ1) is 30.9. The van der Waals surface area contributed by atoms with Gasteiger partial charge in [0.2, 0.25) is 5.91 Å². The third kappa shape index (κ3) is 8.75. The molecule has 8 heteroatoms. The number of nitrogens with zero attached hydrogens (tertiary/aromatic N) is 3. The number of primary amides is 1. The van der Waals surface area contributed by atoms with Crippen LogP contribution in [0.5, 0.6) is 5.75 Å². The normalized spacial score (nSPS) is 14.7. The lowest BCUT2D eigenvalue weighted by atomic mass is 10.1. The molecule has 0 spiro atoms. The van der Waals surface area contributed by atoms with Crippen LogP contribution >= 0.6 is 11.6 Å². The topological polar surface area (TPSA) is 75.8 Å². The summed E-state index contributed by atoms with van der Waals surface area (Å²) in [4.78, 5) is 16.3. The van der Waals surface area contributed by atoms with Gasteiger partial charge in [0.05, 0.1) is 18.2 Å². The van der Waals surface area contributed by atoms with Gasteiger partial charge in [-0.15, -0.1) is 0 Å². The Hall–Kier alpha value is -3.52. The van der Waals surface area contributed by atoms with E-state index in [-0.39, 0.29) is 11.9 Å². The van der Waals surface area contributed by atoms with Crippen molar-refractivity contribution in [1.29, 1.82) is 0 Å². The van der Waals surface area contributed by atoms with E-state index >= 15 is 0 Å². The second kappa shape index (κ2) is 15.3. The van der Waals surface area contributed by atoms with Crippen LogP contribution in [0.3, 0.4) is 0 Å². The van der Waals surface area contributed by atoms with Gasteiger partial charge >= 0.3 is 0 Å². The number of ether oxygens (including phenoxy) is 1. The second-order valence-electron chi connectivity index (χ2n) is 11.5. The minimum Gasteiger partial charge on any atom is -0.494 e. The van der Waals surface area contributed by atoms with E-state index in [1.165, 1.54) is 48.0 Å². The molecule has 0 saturated carbocycles. The van der Waals surface area contributed by atoms with Gasteiger partial charge in [0.1, 0.15) is 5.75 Å². The molecule has 1 aromatic heterocycles. The highest BCUT2D eigenvalue weighted by atomic mass is 35.5.